The van der Waals surface area contributed by atoms with Gasteiger partial charge in [0.25, 0.3) is 0 Å². The Bertz CT molecular complexity index is 748. The molecule has 2 nitrogen and oxygen atoms in total. The molecule has 0 bridgehead atoms. The lowest BCUT2D eigenvalue weighted by atomic mass is 10.0. The number of fused-ring (bicyclic) bond motifs is 1. The quantitative estimate of drug-likeness (QED) is 0.684. The van der Waals surface area contributed by atoms with Gasteiger partial charge in [-0.3, -0.25) is 0 Å². The molecule has 3 aromatic rings. The molecule has 0 atom stereocenters. The fraction of sp³-hybridized carbons (Fsp3) is 0.0588. The summed E-state index contributed by atoms with van der Waals surface area (Å²) in [7, 11) is 0. The van der Waals surface area contributed by atoms with Crippen LogP contribution in [-0.2, 0) is 6.54 Å². The van der Waals surface area contributed by atoms with E-state index in [-0.39, 0.29) is 0 Å². The fourth-order valence-electron chi connectivity index (χ4n) is 2.31. The zero-order valence-electron chi connectivity index (χ0n) is 10.9. The van der Waals surface area contributed by atoms with Crippen molar-refractivity contribution >= 4 is 33.7 Å². The van der Waals surface area contributed by atoms with Crippen molar-refractivity contribution in [3.05, 3.63) is 71.2 Å². The van der Waals surface area contributed by atoms with Crippen LogP contribution in [0.2, 0.25) is 5.02 Å². The highest BCUT2D eigenvalue weighted by Crippen LogP contribution is 2.25. The molecule has 0 fully saturated rings. The minimum atomic E-state index is 0.644. The molecule has 3 rings (SSSR count). The van der Waals surface area contributed by atoms with E-state index in [1.54, 1.807) is 6.07 Å². The Morgan fingerprint density at radius 2 is 1.75 bits per heavy atom. The molecular weight excluding hydrogens is 268 g/mol. The van der Waals surface area contributed by atoms with Gasteiger partial charge in [-0.05, 0) is 34.5 Å². The molecule has 100 valence electrons. The standard InChI is InChI=1S/C17H15ClN2/c18-16-10-14(19)8-9-17(16)20-11-13-6-3-5-12-4-1-2-7-15(12)13/h1-10,20H,11,19H2. The van der Waals surface area contributed by atoms with E-state index in [4.69, 9.17) is 17.3 Å². The summed E-state index contributed by atoms with van der Waals surface area (Å²) in [6.45, 7) is 0.727. The van der Waals surface area contributed by atoms with Crippen LogP contribution in [-0.4, -0.2) is 0 Å². The van der Waals surface area contributed by atoms with E-state index in [0.717, 1.165) is 12.2 Å². The van der Waals surface area contributed by atoms with E-state index < -0.39 is 0 Å². The Kier molecular flexibility index (Phi) is 3.48. The third kappa shape index (κ3) is 2.56. The normalized spacial score (nSPS) is 10.7. The van der Waals surface area contributed by atoms with Crippen molar-refractivity contribution in [3.8, 4) is 0 Å². The van der Waals surface area contributed by atoms with Crippen molar-refractivity contribution in [3.63, 3.8) is 0 Å². The number of benzene rings is 3. The zero-order valence-corrected chi connectivity index (χ0v) is 11.7. The van der Waals surface area contributed by atoms with Crippen LogP contribution in [0.4, 0.5) is 11.4 Å². The molecule has 0 spiro atoms. The molecule has 0 aliphatic heterocycles. The average Bonchev–Trinajstić information content (AvgIpc) is 2.46. The van der Waals surface area contributed by atoms with Gasteiger partial charge in [-0.15, -0.1) is 0 Å². The number of hydrogen-bond donors (Lipinski definition) is 2. The Balaban J connectivity index is 1.87. The van der Waals surface area contributed by atoms with Crippen LogP contribution in [0.15, 0.2) is 60.7 Å². The minimum Gasteiger partial charge on any atom is -0.399 e. The van der Waals surface area contributed by atoms with E-state index >= 15 is 0 Å². The lowest BCUT2D eigenvalue weighted by Gasteiger charge is -2.11. The molecule has 0 amide bonds. The SMILES string of the molecule is Nc1ccc(NCc2cccc3ccccc23)c(Cl)c1. The van der Waals surface area contributed by atoms with Crippen LogP contribution in [0.3, 0.4) is 0 Å². The van der Waals surface area contributed by atoms with Crippen molar-refractivity contribution in [2.75, 3.05) is 11.1 Å². The molecule has 3 N–H and O–H groups in total. The number of hydrogen-bond acceptors (Lipinski definition) is 2. The zero-order chi connectivity index (χ0) is 13.9. The van der Waals surface area contributed by atoms with Gasteiger partial charge in [-0.1, -0.05) is 54.1 Å². The fourth-order valence-corrected chi connectivity index (χ4v) is 2.57. The highest BCUT2D eigenvalue weighted by atomic mass is 35.5. The summed E-state index contributed by atoms with van der Waals surface area (Å²) >= 11 is 6.17. The number of anilines is 2. The number of nitrogen functional groups attached to an aromatic ring is 1. The first-order valence-corrected chi connectivity index (χ1v) is 6.87. The lowest BCUT2D eigenvalue weighted by Crippen LogP contribution is -2.01. The molecule has 0 aliphatic carbocycles. The van der Waals surface area contributed by atoms with Crippen molar-refractivity contribution in [1.82, 2.24) is 0 Å². The first-order chi connectivity index (χ1) is 9.74. The largest absolute Gasteiger partial charge is 0.399 e. The first-order valence-electron chi connectivity index (χ1n) is 6.49. The topological polar surface area (TPSA) is 38.0 Å². The predicted octanol–water partition coefficient (Wildman–Crippen LogP) is 4.69. The molecule has 0 saturated carbocycles. The highest BCUT2D eigenvalue weighted by Gasteiger charge is 2.03. The number of nitrogens with one attached hydrogen (secondary N) is 1. The number of nitrogens with two attached hydrogens (primary N) is 1. The van der Waals surface area contributed by atoms with Crippen molar-refractivity contribution in [1.29, 1.82) is 0 Å². The lowest BCUT2D eigenvalue weighted by molar-refractivity contribution is 1.17. The van der Waals surface area contributed by atoms with Gasteiger partial charge in [0.15, 0.2) is 0 Å². The van der Waals surface area contributed by atoms with Crippen LogP contribution >= 0.6 is 11.6 Å². The molecule has 0 aromatic heterocycles. The second-order valence-corrected chi connectivity index (χ2v) is 5.14. The van der Waals surface area contributed by atoms with Crippen LogP contribution in [0.25, 0.3) is 10.8 Å². The van der Waals surface area contributed by atoms with Crippen molar-refractivity contribution in [2.24, 2.45) is 0 Å². The van der Waals surface area contributed by atoms with E-state index in [2.05, 4.69) is 47.8 Å². The Morgan fingerprint density at radius 1 is 0.950 bits per heavy atom. The molecular formula is C17H15ClN2. The summed E-state index contributed by atoms with van der Waals surface area (Å²) in [5.74, 6) is 0. The average molecular weight is 283 g/mol. The second-order valence-electron chi connectivity index (χ2n) is 4.73. The molecule has 3 aromatic carbocycles. The van der Waals surface area contributed by atoms with E-state index in [1.807, 2.05) is 12.1 Å². The van der Waals surface area contributed by atoms with Crippen LogP contribution in [0.1, 0.15) is 5.56 Å². The first kappa shape index (κ1) is 12.8. The van der Waals surface area contributed by atoms with Gasteiger partial charge in [0.05, 0.1) is 10.7 Å². The summed E-state index contributed by atoms with van der Waals surface area (Å²) in [4.78, 5) is 0. The van der Waals surface area contributed by atoms with Gasteiger partial charge in [-0.2, -0.15) is 0 Å². The molecule has 3 heteroatoms. The summed E-state index contributed by atoms with van der Waals surface area (Å²) in [6, 6.07) is 20.2. The Hall–Kier alpha value is -2.19. The van der Waals surface area contributed by atoms with Crippen molar-refractivity contribution in [2.45, 2.75) is 6.54 Å². The van der Waals surface area contributed by atoms with Gasteiger partial charge < -0.3 is 11.1 Å². The van der Waals surface area contributed by atoms with E-state index in [9.17, 15) is 0 Å². The maximum atomic E-state index is 6.17. The van der Waals surface area contributed by atoms with Gasteiger partial charge in [0, 0.05) is 12.2 Å². The summed E-state index contributed by atoms with van der Waals surface area (Å²) < 4.78 is 0. The summed E-state index contributed by atoms with van der Waals surface area (Å²) in [5, 5.41) is 6.51. The van der Waals surface area contributed by atoms with Crippen LogP contribution in [0, 0.1) is 0 Å². The third-order valence-corrected chi connectivity index (χ3v) is 3.66. The van der Waals surface area contributed by atoms with Crippen LogP contribution in [0.5, 0.6) is 0 Å². The predicted molar refractivity (Wildman–Crippen MR) is 87.1 cm³/mol. The molecule has 0 heterocycles. The maximum absolute atomic E-state index is 6.17. The van der Waals surface area contributed by atoms with E-state index in [1.165, 1.54) is 16.3 Å². The highest BCUT2D eigenvalue weighted by molar-refractivity contribution is 6.33. The molecule has 0 unspecified atom stereocenters. The molecule has 20 heavy (non-hydrogen) atoms. The molecule has 0 radical (unpaired) electrons. The Morgan fingerprint density at radius 3 is 2.60 bits per heavy atom. The van der Waals surface area contributed by atoms with Gasteiger partial charge in [-0.25, -0.2) is 0 Å². The second kappa shape index (κ2) is 5.43. The van der Waals surface area contributed by atoms with Crippen molar-refractivity contribution < 1.29 is 0 Å². The number of rotatable bonds is 3. The third-order valence-electron chi connectivity index (χ3n) is 3.34. The molecule has 0 aliphatic rings. The van der Waals surface area contributed by atoms with Gasteiger partial charge >= 0.3 is 0 Å². The van der Waals surface area contributed by atoms with Gasteiger partial charge in [0.2, 0.25) is 0 Å². The van der Waals surface area contributed by atoms with Crippen LogP contribution < -0.4 is 11.1 Å². The van der Waals surface area contributed by atoms with E-state index in [0.29, 0.717) is 10.7 Å². The Labute approximate surface area is 123 Å². The minimum absolute atomic E-state index is 0.644. The summed E-state index contributed by atoms with van der Waals surface area (Å²) in [5.41, 5.74) is 8.51. The number of halogens is 1. The maximum Gasteiger partial charge on any atom is 0.0658 e. The summed E-state index contributed by atoms with van der Waals surface area (Å²) in [6.07, 6.45) is 0. The van der Waals surface area contributed by atoms with Gasteiger partial charge in [0.1, 0.15) is 0 Å². The molecule has 0 saturated heterocycles. The monoisotopic (exact) mass is 282 g/mol. The smallest absolute Gasteiger partial charge is 0.0658 e.